The van der Waals surface area contributed by atoms with E-state index in [2.05, 4.69) is 45.0 Å². The largest absolute Gasteiger partial charge is 0.508 e. The van der Waals surface area contributed by atoms with E-state index in [4.69, 9.17) is 0 Å². The zero-order valence-electron chi connectivity index (χ0n) is 14.4. The van der Waals surface area contributed by atoms with Crippen LogP contribution in [0.3, 0.4) is 0 Å². The minimum absolute atomic E-state index is 0.119. The first-order valence-corrected chi connectivity index (χ1v) is 8.53. The smallest absolute Gasteiger partial charge is 0.119 e. The zero-order valence-corrected chi connectivity index (χ0v) is 14.4. The molecular formula is C21H28O2. The van der Waals surface area contributed by atoms with Crippen molar-refractivity contribution >= 4 is 0 Å². The van der Waals surface area contributed by atoms with Crippen molar-refractivity contribution in [3.8, 4) is 11.5 Å². The first-order valence-electron chi connectivity index (χ1n) is 8.53. The van der Waals surface area contributed by atoms with E-state index in [1.165, 1.54) is 30.9 Å². The van der Waals surface area contributed by atoms with Crippen LogP contribution in [0.2, 0.25) is 0 Å². The van der Waals surface area contributed by atoms with Crippen molar-refractivity contribution in [2.45, 2.75) is 57.8 Å². The Labute approximate surface area is 139 Å². The Morgan fingerprint density at radius 1 is 0.913 bits per heavy atom. The number of phenols is 2. The van der Waals surface area contributed by atoms with Gasteiger partial charge in [-0.3, -0.25) is 0 Å². The van der Waals surface area contributed by atoms with Gasteiger partial charge < -0.3 is 10.2 Å². The molecule has 0 aliphatic heterocycles. The summed E-state index contributed by atoms with van der Waals surface area (Å²) < 4.78 is 0. The number of benzene rings is 2. The number of hydrogen-bond donors (Lipinski definition) is 2. The van der Waals surface area contributed by atoms with Gasteiger partial charge in [0.1, 0.15) is 11.5 Å². The van der Waals surface area contributed by atoms with Crippen molar-refractivity contribution < 1.29 is 10.2 Å². The third kappa shape index (κ3) is 4.28. The minimum Gasteiger partial charge on any atom is -0.508 e. The lowest BCUT2D eigenvalue weighted by Crippen LogP contribution is -2.27. The minimum atomic E-state index is -0.175. The normalized spacial score (nSPS) is 13.0. The van der Waals surface area contributed by atoms with E-state index in [1.807, 2.05) is 6.07 Å². The summed E-state index contributed by atoms with van der Waals surface area (Å²) >= 11 is 0. The van der Waals surface area contributed by atoms with Gasteiger partial charge in [-0.05, 0) is 41.0 Å². The standard InChI is InChI=1S/C21H28O2/c1-4-5-7-12-20(16-10-8-6-9-11-16)21(2,3)17-13-18(22)15-19(23)14-17/h6,8-11,13-15,20,22-23H,4-5,7,12H2,1-3H3/t20-/m0/s1. The van der Waals surface area contributed by atoms with Crippen LogP contribution in [0.1, 0.15) is 63.5 Å². The molecule has 0 bridgehead atoms. The molecule has 2 nitrogen and oxygen atoms in total. The highest BCUT2D eigenvalue weighted by Gasteiger charge is 2.32. The highest BCUT2D eigenvalue weighted by atomic mass is 16.3. The summed E-state index contributed by atoms with van der Waals surface area (Å²) in [5, 5.41) is 19.7. The third-order valence-electron chi connectivity index (χ3n) is 4.82. The van der Waals surface area contributed by atoms with Crippen LogP contribution in [0.5, 0.6) is 11.5 Å². The average molecular weight is 312 g/mol. The number of rotatable bonds is 7. The topological polar surface area (TPSA) is 40.5 Å². The summed E-state index contributed by atoms with van der Waals surface area (Å²) in [6.07, 6.45) is 4.71. The van der Waals surface area contributed by atoms with Gasteiger partial charge in [0.25, 0.3) is 0 Å². The van der Waals surface area contributed by atoms with E-state index in [0.29, 0.717) is 5.92 Å². The molecule has 124 valence electrons. The van der Waals surface area contributed by atoms with E-state index in [0.717, 1.165) is 12.0 Å². The first-order chi connectivity index (χ1) is 10.9. The first kappa shape index (κ1) is 17.4. The van der Waals surface area contributed by atoms with Crippen molar-refractivity contribution in [3.63, 3.8) is 0 Å². The zero-order chi connectivity index (χ0) is 16.9. The second-order valence-electron chi connectivity index (χ2n) is 6.92. The molecule has 2 aromatic rings. The van der Waals surface area contributed by atoms with Gasteiger partial charge >= 0.3 is 0 Å². The molecule has 2 rings (SSSR count). The van der Waals surface area contributed by atoms with Gasteiger partial charge in [0, 0.05) is 6.07 Å². The molecule has 0 aliphatic rings. The molecule has 1 atom stereocenters. The number of phenolic OH excluding ortho intramolecular Hbond substituents is 2. The molecule has 2 N–H and O–H groups in total. The Bertz CT molecular complexity index is 597. The van der Waals surface area contributed by atoms with Crippen LogP contribution in [-0.2, 0) is 5.41 Å². The van der Waals surface area contributed by atoms with E-state index in [-0.39, 0.29) is 16.9 Å². The van der Waals surface area contributed by atoms with E-state index < -0.39 is 0 Å². The van der Waals surface area contributed by atoms with Crippen LogP contribution in [-0.4, -0.2) is 10.2 Å². The molecule has 0 saturated carbocycles. The molecule has 0 heterocycles. The monoisotopic (exact) mass is 312 g/mol. The molecule has 2 heteroatoms. The third-order valence-corrected chi connectivity index (χ3v) is 4.82. The summed E-state index contributed by atoms with van der Waals surface area (Å²) in [4.78, 5) is 0. The predicted octanol–water partition coefficient (Wildman–Crippen LogP) is 5.74. The van der Waals surface area contributed by atoms with Gasteiger partial charge in [0.15, 0.2) is 0 Å². The van der Waals surface area contributed by atoms with Crippen molar-refractivity contribution in [1.82, 2.24) is 0 Å². The van der Waals surface area contributed by atoms with E-state index in [9.17, 15) is 10.2 Å². The van der Waals surface area contributed by atoms with Gasteiger partial charge in [-0.15, -0.1) is 0 Å². The highest BCUT2D eigenvalue weighted by Crippen LogP contribution is 2.43. The molecule has 0 unspecified atom stereocenters. The van der Waals surface area contributed by atoms with Gasteiger partial charge in [0.05, 0.1) is 0 Å². The second kappa shape index (κ2) is 7.54. The molecule has 0 aromatic heterocycles. The Hall–Kier alpha value is -1.96. The van der Waals surface area contributed by atoms with Gasteiger partial charge in [-0.1, -0.05) is 70.4 Å². The maximum Gasteiger partial charge on any atom is 0.119 e. The number of unbranched alkanes of at least 4 members (excludes halogenated alkanes) is 2. The molecule has 0 saturated heterocycles. The summed E-state index contributed by atoms with van der Waals surface area (Å²) in [7, 11) is 0. The molecule has 0 fully saturated rings. The Morgan fingerprint density at radius 3 is 2.09 bits per heavy atom. The predicted molar refractivity (Wildman–Crippen MR) is 96.1 cm³/mol. The van der Waals surface area contributed by atoms with Crippen molar-refractivity contribution in [2.24, 2.45) is 0 Å². The summed E-state index contributed by atoms with van der Waals surface area (Å²) in [5.41, 5.74) is 2.11. The van der Waals surface area contributed by atoms with E-state index >= 15 is 0 Å². The van der Waals surface area contributed by atoms with Crippen LogP contribution >= 0.6 is 0 Å². The summed E-state index contributed by atoms with van der Waals surface area (Å²) in [6.45, 7) is 6.62. The van der Waals surface area contributed by atoms with Crippen LogP contribution in [0, 0.1) is 0 Å². The maximum absolute atomic E-state index is 9.86. The fraction of sp³-hybridized carbons (Fsp3) is 0.429. The molecule has 0 radical (unpaired) electrons. The van der Waals surface area contributed by atoms with Crippen LogP contribution in [0.4, 0.5) is 0 Å². The van der Waals surface area contributed by atoms with Crippen LogP contribution in [0.25, 0.3) is 0 Å². The molecule has 2 aromatic carbocycles. The summed E-state index contributed by atoms with van der Waals surface area (Å²) in [6, 6.07) is 15.5. The number of aromatic hydroxyl groups is 2. The maximum atomic E-state index is 9.86. The fourth-order valence-corrected chi connectivity index (χ4v) is 3.40. The SMILES string of the molecule is CCCCC[C@@H](c1ccccc1)C(C)(C)c1cc(O)cc(O)c1. The van der Waals surface area contributed by atoms with Gasteiger partial charge in [-0.2, -0.15) is 0 Å². The molecular weight excluding hydrogens is 284 g/mol. The Balaban J connectivity index is 2.39. The highest BCUT2D eigenvalue weighted by molar-refractivity contribution is 5.42. The molecule has 23 heavy (non-hydrogen) atoms. The van der Waals surface area contributed by atoms with Crippen molar-refractivity contribution in [2.75, 3.05) is 0 Å². The van der Waals surface area contributed by atoms with Gasteiger partial charge in [-0.25, -0.2) is 0 Å². The Morgan fingerprint density at radius 2 is 1.52 bits per heavy atom. The van der Waals surface area contributed by atoms with Crippen molar-refractivity contribution in [1.29, 1.82) is 0 Å². The quantitative estimate of drug-likeness (QED) is 0.640. The lowest BCUT2D eigenvalue weighted by Gasteiger charge is -2.36. The van der Waals surface area contributed by atoms with Crippen molar-refractivity contribution in [3.05, 3.63) is 59.7 Å². The molecule has 0 amide bonds. The van der Waals surface area contributed by atoms with Gasteiger partial charge in [0.2, 0.25) is 0 Å². The second-order valence-corrected chi connectivity index (χ2v) is 6.92. The fourth-order valence-electron chi connectivity index (χ4n) is 3.40. The van der Waals surface area contributed by atoms with E-state index in [1.54, 1.807) is 12.1 Å². The Kier molecular flexibility index (Phi) is 5.70. The number of hydrogen-bond acceptors (Lipinski definition) is 2. The lowest BCUT2D eigenvalue weighted by molar-refractivity contribution is 0.372. The van der Waals surface area contributed by atoms with Crippen LogP contribution in [0.15, 0.2) is 48.5 Å². The molecule has 0 spiro atoms. The lowest BCUT2D eigenvalue weighted by atomic mass is 9.68. The summed E-state index contributed by atoms with van der Waals surface area (Å²) in [5.74, 6) is 0.582. The average Bonchev–Trinajstić information content (AvgIpc) is 2.51. The molecule has 0 aliphatic carbocycles. The van der Waals surface area contributed by atoms with Crippen LogP contribution < -0.4 is 0 Å².